The highest BCUT2D eigenvalue weighted by Gasteiger charge is 2.49. The fraction of sp³-hybridized carbons (Fsp3) is 0.259. The summed E-state index contributed by atoms with van der Waals surface area (Å²) in [7, 11) is 1.91. The van der Waals surface area contributed by atoms with Crippen molar-refractivity contribution in [3.63, 3.8) is 0 Å². The predicted molar refractivity (Wildman–Crippen MR) is 129 cm³/mol. The Morgan fingerprint density at radius 1 is 1.00 bits per heavy atom. The van der Waals surface area contributed by atoms with E-state index in [1.807, 2.05) is 78.7 Å². The maximum absolute atomic E-state index is 13.4. The van der Waals surface area contributed by atoms with E-state index in [1.54, 1.807) is 6.92 Å². The molecule has 1 aliphatic heterocycles. The molecule has 0 aliphatic carbocycles. The highest BCUT2D eigenvalue weighted by atomic mass is 16.3. The highest BCUT2D eigenvalue weighted by molar-refractivity contribution is 6.07. The molecule has 6 heteroatoms. The molecule has 3 amide bonds. The van der Waals surface area contributed by atoms with Gasteiger partial charge in [-0.15, -0.1) is 0 Å². The van der Waals surface area contributed by atoms with E-state index in [9.17, 15) is 9.59 Å². The Kier molecular flexibility index (Phi) is 5.17. The van der Waals surface area contributed by atoms with Crippen LogP contribution in [0, 0.1) is 0 Å². The van der Waals surface area contributed by atoms with E-state index < -0.39 is 5.54 Å². The first-order valence-electron chi connectivity index (χ1n) is 11.2. The van der Waals surface area contributed by atoms with Gasteiger partial charge in [-0.05, 0) is 42.4 Å². The van der Waals surface area contributed by atoms with Crippen LogP contribution in [0.3, 0.4) is 0 Å². The third-order valence-electron chi connectivity index (χ3n) is 6.52. The van der Waals surface area contributed by atoms with E-state index in [4.69, 9.17) is 4.42 Å². The minimum Gasteiger partial charge on any atom is -0.461 e. The van der Waals surface area contributed by atoms with Crippen LogP contribution in [-0.2, 0) is 23.3 Å². The van der Waals surface area contributed by atoms with E-state index >= 15 is 0 Å². The average molecular weight is 442 g/mol. The molecule has 0 saturated carbocycles. The summed E-state index contributed by atoms with van der Waals surface area (Å²) < 4.78 is 6.00. The number of amides is 3. The van der Waals surface area contributed by atoms with E-state index in [1.165, 1.54) is 4.90 Å². The summed E-state index contributed by atoms with van der Waals surface area (Å²) in [6.45, 7) is 4.60. The van der Waals surface area contributed by atoms with Crippen LogP contribution in [0.1, 0.15) is 30.7 Å². The zero-order valence-corrected chi connectivity index (χ0v) is 19.1. The van der Waals surface area contributed by atoms with Crippen molar-refractivity contribution in [2.45, 2.75) is 32.4 Å². The largest absolute Gasteiger partial charge is 0.461 e. The first-order valence-corrected chi connectivity index (χ1v) is 11.2. The number of benzene rings is 3. The number of carbonyl (C=O) groups excluding carboxylic acids is 2. The summed E-state index contributed by atoms with van der Waals surface area (Å²) in [6.07, 6.45) is 0.779. The Labute approximate surface area is 192 Å². The van der Waals surface area contributed by atoms with Gasteiger partial charge < -0.3 is 9.73 Å². The van der Waals surface area contributed by atoms with E-state index in [0.717, 1.165) is 45.0 Å². The average Bonchev–Trinajstić information content (AvgIpc) is 3.28. The number of aryl methyl sites for hydroxylation is 1. The first-order chi connectivity index (χ1) is 15.9. The number of para-hydroxylation sites is 1. The van der Waals surface area contributed by atoms with E-state index in [-0.39, 0.29) is 18.6 Å². The molecule has 1 saturated heterocycles. The lowest BCUT2D eigenvalue weighted by Gasteiger charge is -2.25. The molecule has 2 heterocycles. The third kappa shape index (κ3) is 3.56. The molecule has 1 fully saturated rings. The normalized spacial score (nSPS) is 18.6. The van der Waals surface area contributed by atoms with Crippen molar-refractivity contribution in [1.29, 1.82) is 0 Å². The number of fused-ring (bicyclic) bond motifs is 2. The molecule has 4 aromatic rings. The van der Waals surface area contributed by atoms with Crippen LogP contribution in [0.15, 0.2) is 71.1 Å². The predicted octanol–water partition coefficient (Wildman–Crippen LogP) is 5.00. The Morgan fingerprint density at radius 2 is 1.73 bits per heavy atom. The smallest absolute Gasteiger partial charge is 0.326 e. The molecule has 0 radical (unpaired) electrons. The zero-order chi connectivity index (χ0) is 23.2. The fourth-order valence-electron chi connectivity index (χ4n) is 4.69. The number of rotatable bonds is 6. The van der Waals surface area contributed by atoms with Crippen LogP contribution in [0.5, 0.6) is 0 Å². The fourth-order valence-corrected chi connectivity index (χ4v) is 4.69. The molecule has 5 rings (SSSR count). The molecule has 0 unspecified atom stereocenters. The van der Waals surface area contributed by atoms with Crippen LogP contribution in [0.4, 0.5) is 4.79 Å². The van der Waals surface area contributed by atoms with Crippen molar-refractivity contribution >= 4 is 33.7 Å². The quantitative estimate of drug-likeness (QED) is 0.428. The number of nitrogens with zero attached hydrogens (tertiary/aromatic N) is 2. The van der Waals surface area contributed by atoms with Crippen molar-refractivity contribution in [3.05, 3.63) is 83.6 Å². The van der Waals surface area contributed by atoms with Gasteiger partial charge in [0, 0.05) is 23.9 Å². The molecule has 1 aliphatic rings. The molecule has 1 N–H and O–H groups in total. The molecule has 1 atom stereocenters. The van der Waals surface area contributed by atoms with Crippen LogP contribution in [0.2, 0.25) is 0 Å². The number of carbonyl (C=O) groups is 2. The highest BCUT2D eigenvalue weighted by Crippen LogP contribution is 2.32. The third-order valence-corrected chi connectivity index (χ3v) is 6.52. The minimum absolute atomic E-state index is 0.191. The molecule has 0 bridgehead atoms. The molecule has 1 aromatic heterocycles. The van der Waals surface area contributed by atoms with Gasteiger partial charge in [0.1, 0.15) is 16.9 Å². The van der Waals surface area contributed by atoms with Gasteiger partial charge >= 0.3 is 6.03 Å². The van der Waals surface area contributed by atoms with Gasteiger partial charge in [0.05, 0.1) is 6.67 Å². The molecule has 168 valence electrons. The van der Waals surface area contributed by atoms with Crippen molar-refractivity contribution in [2.24, 2.45) is 0 Å². The monoisotopic (exact) mass is 441 g/mol. The Bertz CT molecular complexity index is 1380. The number of hydrogen-bond donors (Lipinski definition) is 1. The number of hydrogen-bond acceptors (Lipinski definition) is 4. The van der Waals surface area contributed by atoms with Crippen LogP contribution in [-0.4, -0.2) is 35.5 Å². The topological polar surface area (TPSA) is 65.8 Å². The number of urea groups is 1. The van der Waals surface area contributed by atoms with Crippen LogP contribution >= 0.6 is 0 Å². The maximum atomic E-state index is 13.4. The summed E-state index contributed by atoms with van der Waals surface area (Å²) in [4.78, 5) is 29.6. The second-order valence-corrected chi connectivity index (χ2v) is 8.86. The van der Waals surface area contributed by atoms with Crippen molar-refractivity contribution in [3.8, 4) is 0 Å². The van der Waals surface area contributed by atoms with Gasteiger partial charge in [0.2, 0.25) is 0 Å². The van der Waals surface area contributed by atoms with Gasteiger partial charge in [-0.2, -0.15) is 0 Å². The first kappa shape index (κ1) is 21.2. The van der Waals surface area contributed by atoms with Crippen molar-refractivity contribution in [2.75, 3.05) is 13.7 Å². The van der Waals surface area contributed by atoms with Crippen LogP contribution < -0.4 is 5.32 Å². The Balaban J connectivity index is 1.38. The van der Waals surface area contributed by atoms with Gasteiger partial charge in [-0.25, -0.2) is 9.69 Å². The van der Waals surface area contributed by atoms with Gasteiger partial charge in [-0.1, -0.05) is 61.5 Å². The SMILES string of the molecule is CCc1oc2ccccc2c1CN(C)CN1C(=O)N[C@@](C)(c2ccc3ccccc3c2)C1=O. The van der Waals surface area contributed by atoms with Gasteiger partial charge in [0.25, 0.3) is 5.91 Å². The maximum Gasteiger partial charge on any atom is 0.326 e. The lowest BCUT2D eigenvalue weighted by molar-refractivity contribution is -0.132. The number of furan rings is 1. The minimum atomic E-state index is -1.10. The Hall–Kier alpha value is -3.64. The van der Waals surface area contributed by atoms with Crippen LogP contribution in [0.25, 0.3) is 21.7 Å². The summed E-state index contributed by atoms with van der Waals surface area (Å²) in [5.41, 5.74) is 1.63. The second kappa shape index (κ2) is 8.05. The second-order valence-electron chi connectivity index (χ2n) is 8.86. The van der Waals surface area contributed by atoms with E-state index in [2.05, 4.69) is 12.2 Å². The van der Waals surface area contributed by atoms with Gasteiger partial charge in [-0.3, -0.25) is 9.69 Å². The lowest BCUT2D eigenvalue weighted by Crippen LogP contribution is -2.42. The summed E-state index contributed by atoms with van der Waals surface area (Å²) in [5.74, 6) is 0.684. The van der Waals surface area contributed by atoms with E-state index in [0.29, 0.717) is 6.54 Å². The van der Waals surface area contributed by atoms with Crippen molar-refractivity contribution in [1.82, 2.24) is 15.1 Å². The zero-order valence-electron chi connectivity index (χ0n) is 19.1. The Morgan fingerprint density at radius 3 is 2.52 bits per heavy atom. The molecule has 3 aromatic carbocycles. The molecule has 33 heavy (non-hydrogen) atoms. The summed E-state index contributed by atoms with van der Waals surface area (Å²) >= 11 is 0. The molecular formula is C27H27N3O3. The summed E-state index contributed by atoms with van der Waals surface area (Å²) in [6, 6.07) is 21.5. The van der Waals surface area contributed by atoms with Gasteiger partial charge in [0.15, 0.2) is 0 Å². The van der Waals surface area contributed by atoms with Crippen molar-refractivity contribution < 1.29 is 14.0 Å². The molecule has 6 nitrogen and oxygen atoms in total. The summed E-state index contributed by atoms with van der Waals surface area (Å²) in [5, 5.41) is 6.12. The standard InChI is InChI=1S/C27H27N3O3/c1-4-23-22(21-11-7-8-12-24(21)33-23)16-29(3)17-30-25(31)27(2,28-26(30)32)20-14-13-18-9-5-6-10-19(18)15-20/h5-15H,4,16-17H2,1-3H3,(H,28,32)/t27-/m0/s1. The number of nitrogens with one attached hydrogen (secondary N) is 1. The molecule has 0 spiro atoms. The number of imide groups is 1. The molecular weight excluding hydrogens is 414 g/mol. The lowest BCUT2D eigenvalue weighted by atomic mass is 9.90.